The highest BCUT2D eigenvalue weighted by Gasteiger charge is 2.01. The molecule has 0 saturated carbocycles. The smallest absolute Gasteiger partial charge is 0.0373 e. The van der Waals surface area contributed by atoms with Gasteiger partial charge in [-0.25, -0.2) is 0 Å². The van der Waals surface area contributed by atoms with Crippen LogP contribution in [0.4, 0.5) is 5.69 Å². The molecule has 0 unspecified atom stereocenters. The van der Waals surface area contributed by atoms with Crippen molar-refractivity contribution < 1.29 is 0 Å². The lowest BCUT2D eigenvalue weighted by atomic mass is 10.0. The third-order valence-corrected chi connectivity index (χ3v) is 2.86. The van der Waals surface area contributed by atoms with Crippen molar-refractivity contribution in [1.82, 2.24) is 0 Å². The number of nitrogens with one attached hydrogen (secondary N) is 1. The van der Waals surface area contributed by atoms with Crippen molar-refractivity contribution >= 4 is 5.69 Å². The fourth-order valence-corrected chi connectivity index (χ4v) is 1.90. The summed E-state index contributed by atoms with van der Waals surface area (Å²) in [5, 5.41) is 3.22. The molecule has 0 spiro atoms. The van der Waals surface area contributed by atoms with Crippen LogP contribution >= 0.6 is 0 Å². The summed E-state index contributed by atoms with van der Waals surface area (Å²) in [6.45, 7) is 4.24. The van der Waals surface area contributed by atoms with E-state index >= 15 is 0 Å². The van der Waals surface area contributed by atoms with Gasteiger partial charge in [-0.15, -0.1) is 0 Å². The Hall–Kier alpha value is -1.76. The Morgan fingerprint density at radius 3 is 2.31 bits per heavy atom. The van der Waals surface area contributed by atoms with Crippen molar-refractivity contribution in [2.24, 2.45) is 0 Å². The summed E-state index contributed by atoms with van der Waals surface area (Å²) in [6.07, 6.45) is 0. The van der Waals surface area contributed by atoms with Crippen molar-refractivity contribution in [2.75, 3.05) is 12.4 Å². The number of anilines is 1. The second-order valence-corrected chi connectivity index (χ2v) is 4.15. The third kappa shape index (κ3) is 2.08. The molecule has 0 bridgehead atoms. The predicted octanol–water partition coefficient (Wildman–Crippen LogP) is 4.01. The molecule has 0 fully saturated rings. The Kier molecular flexibility index (Phi) is 2.95. The average Bonchev–Trinajstić information content (AvgIpc) is 2.29. The van der Waals surface area contributed by atoms with E-state index in [4.69, 9.17) is 0 Å². The topological polar surface area (TPSA) is 12.0 Å². The maximum atomic E-state index is 3.22. The number of benzene rings is 2. The summed E-state index contributed by atoms with van der Waals surface area (Å²) in [5.41, 5.74) is 6.30. The molecule has 2 aromatic rings. The molecule has 2 aromatic carbocycles. The van der Waals surface area contributed by atoms with Crippen molar-refractivity contribution in [3.63, 3.8) is 0 Å². The lowest BCUT2D eigenvalue weighted by Gasteiger charge is -2.09. The van der Waals surface area contributed by atoms with Crippen LogP contribution in [0.2, 0.25) is 0 Å². The van der Waals surface area contributed by atoms with Crippen LogP contribution in [0.15, 0.2) is 42.5 Å². The lowest BCUT2D eigenvalue weighted by molar-refractivity contribution is 1.40. The Labute approximate surface area is 97.1 Å². The van der Waals surface area contributed by atoms with Crippen LogP contribution in [0.1, 0.15) is 11.1 Å². The standard InChI is InChI=1S/C15H17N/c1-11-5-4-6-13(9-11)14-8-7-12(2)15(10-14)16-3/h4-10,16H,1-3H3. The summed E-state index contributed by atoms with van der Waals surface area (Å²) >= 11 is 0. The second kappa shape index (κ2) is 4.40. The molecule has 1 nitrogen and oxygen atoms in total. The van der Waals surface area contributed by atoms with E-state index in [-0.39, 0.29) is 0 Å². The zero-order valence-corrected chi connectivity index (χ0v) is 10.0. The van der Waals surface area contributed by atoms with Gasteiger partial charge in [-0.3, -0.25) is 0 Å². The van der Waals surface area contributed by atoms with Gasteiger partial charge in [0.15, 0.2) is 0 Å². The van der Waals surface area contributed by atoms with E-state index in [0.717, 1.165) is 0 Å². The molecule has 0 aliphatic heterocycles. The minimum Gasteiger partial charge on any atom is -0.388 e. The maximum absolute atomic E-state index is 3.22. The first kappa shape index (κ1) is 10.7. The van der Waals surface area contributed by atoms with Gasteiger partial charge in [0.2, 0.25) is 0 Å². The number of rotatable bonds is 2. The fraction of sp³-hybridized carbons (Fsp3) is 0.200. The minimum atomic E-state index is 1.19. The first-order valence-electron chi connectivity index (χ1n) is 5.56. The average molecular weight is 211 g/mol. The molecule has 16 heavy (non-hydrogen) atoms. The van der Waals surface area contributed by atoms with E-state index in [1.807, 2.05) is 7.05 Å². The molecule has 0 amide bonds. The summed E-state index contributed by atoms with van der Waals surface area (Å²) < 4.78 is 0. The first-order valence-corrected chi connectivity index (χ1v) is 5.56. The molecule has 0 aromatic heterocycles. The van der Waals surface area contributed by atoms with E-state index in [1.54, 1.807) is 0 Å². The lowest BCUT2D eigenvalue weighted by Crippen LogP contribution is -1.92. The molecule has 0 atom stereocenters. The van der Waals surface area contributed by atoms with Gasteiger partial charge in [-0.05, 0) is 36.6 Å². The highest BCUT2D eigenvalue weighted by molar-refractivity contribution is 5.70. The van der Waals surface area contributed by atoms with E-state index in [2.05, 4.69) is 61.6 Å². The third-order valence-electron chi connectivity index (χ3n) is 2.86. The quantitative estimate of drug-likeness (QED) is 0.791. The SMILES string of the molecule is CNc1cc(-c2cccc(C)c2)ccc1C. The van der Waals surface area contributed by atoms with Crippen LogP contribution in [-0.2, 0) is 0 Å². The molecule has 2 rings (SSSR count). The van der Waals surface area contributed by atoms with Crippen molar-refractivity contribution in [3.8, 4) is 11.1 Å². The van der Waals surface area contributed by atoms with Crippen LogP contribution in [0.25, 0.3) is 11.1 Å². The van der Waals surface area contributed by atoms with E-state index in [1.165, 1.54) is 27.9 Å². The molecule has 1 N–H and O–H groups in total. The fourth-order valence-electron chi connectivity index (χ4n) is 1.90. The van der Waals surface area contributed by atoms with Gasteiger partial charge < -0.3 is 5.32 Å². The van der Waals surface area contributed by atoms with Crippen molar-refractivity contribution in [2.45, 2.75) is 13.8 Å². The van der Waals surface area contributed by atoms with Gasteiger partial charge in [0.05, 0.1) is 0 Å². The van der Waals surface area contributed by atoms with Crippen LogP contribution < -0.4 is 5.32 Å². The van der Waals surface area contributed by atoms with Gasteiger partial charge in [-0.1, -0.05) is 42.0 Å². The molecule has 0 aliphatic carbocycles. The molecule has 0 radical (unpaired) electrons. The molecular formula is C15H17N. The van der Waals surface area contributed by atoms with Gasteiger partial charge in [0, 0.05) is 12.7 Å². The summed E-state index contributed by atoms with van der Waals surface area (Å²) in [7, 11) is 1.96. The van der Waals surface area contributed by atoms with Gasteiger partial charge in [0.25, 0.3) is 0 Å². The van der Waals surface area contributed by atoms with Crippen LogP contribution in [-0.4, -0.2) is 7.05 Å². The Morgan fingerprint density at radius 1 is 0.875 bits per heavy atom. The molecule has 0 saturated heterocycles. The normalized spacial score (nSPS) is 10.2. The van der Waals surface area contributed by atoms with Crippen molar-refractivity contribution in [3.05, 3.63) is 53.6 Å². The predicted molar refractivity (Wildman–Crippen MR) is 70.9 cm³/mol. The highest BCUT2D eigenvalue weighted by Crippen LogP contribution is 2.25. The van der Waals surface area contributed by atoms with E-state index in [9.17, 15) is 0 Å². The zero-order chi connectivity index (χ0) is 11.5. The van der Waals surface area contributed by atoms with Crippen LogP contribution in [0.5, 0.6) is 0 Å². The Morgan fingerprint density at radius 2 is 1.62 bits per heavy atom. The molecule has 82 valence electrons. The van der Waals surface area contributed by atoms with Crippen LogP contribution in [0, 0.1) is 13.8 Å². The Bertz CT molecular complexity index is 501. The van der Waals surface area contributed by atoms with E-state index in [0.29, 0.717) is 0 Å². The van der Waals surface area contributed by atoms with Gasteiger partial charge in [-0.2, -0.15) is 0 Å². The number of aryl methyl sites for hydroxylation is 2. The second-order valence-electron chi connectivity index (χ2n) is 4.15. The minimum absolute atomic E-state index is 1.19. The summed E-state index contributed by atoms with van der Waals surface area (Å²) in [6, 6.07) is 15.1. The molecule has 0 aliphatic rings. The monoisotopic (exact) mass is 211 g/mol. The largest absolute Gasteiger partial charge is 0.388 e. The molecular weight excluding hydrogens is 194 g/mol. The molecule has 0 heterocycles. The van der Waals surface area contributed by atoms with Crippen LogP contribution in [0.3, 0.4) is 0 Å². The Balaban J connectivity index is 2.48. The van der Waals surface area contributed by atoms with Gasteiger partial charge in [0.1, 0.15) is 0 Å². The maximum Gasteiger partial charge on any atom is 0.0373 e. The molecule has 1 heteroatoms. The zero-order valence-electron chi connectivity index (χ0n) is 10.0. The summed E-state index contributed by atoms with van der Waals surface area (Å²) in [4.78, 5) is 0. The van der Waals surface area contributed by atoms with E-state index < -0.39 is 0 Å². The number of hydrogen-bond donors (Lipinski definition) is 1. The number of hydrogen-bond acceptors (Lipinski definition) is 1. The van der Waals surface area contributed by atoms with Gasteiger partial charge >= 0.3 is 0 Å². The summed E-state index contributed by atoms with van der Waals surface area (Å²) in [5.74, 6) is 0. The first-order chi connectivity index (χ1) is 7.70. The van der Waals surface area contributed by atoms with Crippen molar-refractivity contribution in [1.29, 1.82) is 0 Å². The highest BCUT2D eigenvalue weighted by atomic mass is 14.8.